The number of hydrogen-bond acceptors (Lipinski definition) is 5. The topological polar surface area (TPSA) is 80.2 Å². The maximum Gasteiger partial charge on any atom is 0.277 e. The van der Waals surface area contributed by atoms with Crippen LogP contribution in [0.4, 0.5) is 0 Å². The number of carbonyl (C=O) groups excluding carboxylic acids is 1. The van der Waals surface area contributed by atoms with E-state index >= 15 is 0 Å². The van der Waals surface area contributed by atoms with Gasteiger partial charge in [-0.3, -0.25) is 4.79 Å². The Morgan fingerprint density at radius 2 is 1.92 bits per heavy atom. The molecule has 0 unspecified atom stereocenters. The number of nitrogens with zero attached hydrogens (tertiary/aromatic N) is 1. The predicted molar refractivity (Wildman–Crippen MR) is 91.7 cm³/mol. The summed E-state index contributed by atoms with van der Waals surface area (Å²) in [6.07, 6.45) is 1.38. The Balaban J connectivity index is 1.88. The number of phenolic OH excluding ortho intramolecular Hbond substituents is 1. The maximum absolute atomic E-state index is 11.8. The average molecular weight is 328 g/mol. The molecule has 0 saturated heterocycles. The second-order valence-electron chi connectivity index (χ2n) is 5.02. The lowest BCUT2D eigenvalue weighted by atomic mass is 10.1. The molecule has 0 spiro atoms. The highest BCUT2D eigenvalue weighted by atomic mass is 16.5. The number of carbonyl (C=O) groups is 1. The molecule has 2 aromatic carbocycles. The predicted octanol–water partition coefficient (Wildman–Crippen LogP) is 2.63. The molecule has 1 amide bonds. The minimum Gasteiger partial charge on any atom is -0.507 e. The van der Waals surface area contributed by atoms with E-state index < -0.39 is 5.91 Å². The Morgan fingerprint density at radius 3 is 2.62 bits per heavy atom. The van der Waals surface area contributed by atoms with Gasteiger partial charge >= 0.3 is 0 Å². The number of aryl methyl sites for hydroxylation is 1. The minimum atomic E-state index is -0.412. The molecule has 6 heteroatoms. The molecule has 0 aliphatic carbocycles. The number of benzene rings is 2. The smallest absolute Gasteiger partial charge is 0.277 e. The van der Waals surface area contributed by atoms with Crippen molar-refractivity contribution >= 4 is 12.1 Å². The van der Waals surface area contributed by atoms with Crippen LogP contribution in [-0.4, -0.2) is 30.4 Å². The molecular formula is C18H20N2O4. The summed E-state index contributed by atoms with van der Waals surface area (Å²) in [7, 11) is 0. The molecule has 0 bridgehead atoms. The molecule has 0 atom stereocenters. The summed E-state index contributed by atoms with van der Waals surface area (Å²) < 4.78 is 10.9. The molecule has 0 heterocycles. The number of phenols is 1. The molecular weight excluding hydrogens is 308 g/mol. The van der Waals surface area contributed by atoms with E-state index in [4.69, 9.17) is 9.47 Å². The summed E-state index contributed by atoms with van der Waals surface area (Å²) in [5.74, 6) is 0.765. The van der Waals surface area contributed by atoms with Gasteiger partial charge in [-0.15, -0.1) is 0 Å². The Morgan fingerprint density at radius 1 is 1.21 bits per heavy atom. The molecule has 0 saturated carbocycles. The molecule has 2 N–H and O–H groups in total. The monoisotopic (exact) mass is 328 g/mol. The first-order valence-corrected chi connectivity index (χ1v) is 7.56. The standard InChI is InChI=1S/C18H20N2O4/c1-3-23-16-6-4-5-7-17(16)24-12-18(22)20-19-11-14-10-13(2)8-9-15(14)21/h4-11,21H,3,12H2,1-2H3,(H,20,22)/b19-11+. The second-order valence-corrected chi connectivity index (χ2v) is 5.02. The van der Waals surface area contributed by atoms with E-state index in [1.165, 1.54) is 6.21 Å². The Labute approximate surface area is 140 Å². The fourth-order valence-corrected chi connectivity index (χ4v) is 1.97. The number of hydrogen-bond donors (Lipinski definition) is 2. The number of para-hydroxylation sites is 2. The molecule has 0 radical (unpaired) electrons. The van der Waals surface area contributed by atoms with Gasteiger partial charge in [0, 0.05) is 5.56 Å². The third kappa shape index (κ3) is 5.01. The van der Waals surface area contributed by atoms with Gasteiger partial charge < -0.3 is 14.6 Å². The van der Waals surface area contributed by atoms with Crippen molar-refractivity contribution in [2.24, 2.45) is 5.10 Å². The number of amides is 1. The van der Waals surface area contributed by atoms with Gasteiger partial charge in [0.05, 0.1) is 12.8 Å². The minimum absolute atomic E-state index is 0.0977. The van der Waals surface area contributed by atoms with Gasteiger partial charge in [0.1, 0.15) is 5.75 Å². The summed E-state index contributed by atoms with van der Waals surface area (Å²) in [4.78, 5) is 11.8. The SMILES string of the molecule is CCOc1ccccc1OCC(=O)N/N=C/c1cc(C)ccc1O. The van der Waals surface area contributed by atoms with E-state index in [1.54, 1.807) is 36.4 Å². The highest BCUT2D eigenvalue weighted by Gasteiger charge is 2.06. The summed E-state index contributed by atoms with van der Waals surface area (Å²) in [5, 5.41) is 13.5. The lowest BCUT2D eigenvalue weighted by Crippen LogP contribution is -2.24. The van der Waals surface area contributed by atoms with Crippen LogP contribution >= 0.6 is 0 Å². The van der Waals surface area contributed by atoms with Gasteiger partial charge in [-0.05, 0) is 38.1 Å². The zero-order valence-corrected chi connectivity index (χ0v) is 13.7. The Hall–Kier alpha value is -3.02. The maximum atomic E-state index is 11.8. The Kier molecular flexibility index (Phi) is 6.19. The normalized spacial score (nSPS) is 10.6. The summed E-state index contributed by atoms with van der Waals surface area (Å²) in [6, 6.07) is 12.3. The van der Waals surface area contributed by atoms with Crippen molar-refractivity contribution in [1.29, 1.82) is 0 Å². The van der Waals surface area contributed by atoms with E-state index in [0.29, 0.717) is 23.7 Å². The van der Waals surface area contributed by atoms with Crippen LogP contribution < -0.4 is 14.9 Å². The number of ether oxygens (including phenoxy) is 2. The van der Waals surface area contributed by atoms with Gasteiger partial charge in [0.15, 0.2) is 18.1 Å². The fraction of sp³-hybridized carbons (Fsp3) is 0.222. The van der Waals surface area contributed by atoms with E-state index in [-0.39, 0.29) is 12.4 Å². The van der Waals surface area contributed by atoms with Gasteiger partial charge in [0.2, 0.25) is 0 Å². The van der Waals surface area contributed by atoms with Gasteiger partial charge in [-0.2, -0.15) is 5.10 Å². The first-order chi connectivity index (χ1) is 11.6. The van der Waals surface area contributed by atoms with Crippen molar-refractivity contribution in [2.75, 3.05) is 13.2 Å². The van der Waals surface area contributed by atoms with Crippen LogP contribution in [0.25, 0.3) is 0 Å². The van der Waals surface area contributed by atoms with Crippen molar-refractivity contribution in [1.82, 2.24) is 5.43 Å². The lowest BCUT2D eigenvalue weighted by Gasteiger charge is -2.10. The van der Waals surface area contributed by atoms with Crippen LogP contribution in [0.3, 0.4) is 0 Å². The zero-order valence-electron chi connectivity index (χ0n) is 13.7. The average Bonchev–Trinajstić information content (AvgIpc) is 2.57. The first-order valence-electron chi connectivity index (χ1n) is 7.56. The number of nitrogens with one attached hydrogen (secondary N) is 1. The summed E-state index contributed by atoms with van der Waals surface area (Å²) in [5.41, 5.74) is 3.86. The largest absolute Gasteiger partial charge is 0.507 e. The van der Waals surface area contributed by atoms with E-state index in [9.17, 15) is 9.90 Å². The van der Waals surface area contributed by atoms with E-state index in [1.807, 2.05) is 19.9 Å². The molecule has 0 aromatic heterocycles. The van der Waals surface area contributed by atoms with Gasteiger partial charge in [-0.25, -0.2) is 5.43 Å². The third-order valence-corrected chi connectivity index (χ3v) is 3.08. The summed E-state index contributed by atoms with van der Waals surface area (Å²) >= 11 is 0. The lowest BCUT2D eigenvalue weighted by molar-refractivity contribution is -0.123. The van der Waals surface area contributed by atoms with Crippen molar-refractivity contribution in [3.8, 4) is 17.2 Å². The zero-order chi connectivity index (χ0) is 17.4. The van der Waals surface area contributed by atoms with Crippen LogP contribution in [0.2, 0.25) is 0 Å². The fourth-order valence-electron chi connectivity index (χ4n) is 1.97. The van der Waals surface area contributed by atoms with Crippen molar-refractivity contribution in [2.45, 2.75) is 13.8 Å². The summed E-state index contributed by atoms with van der Waals surface area (Å²) in [6.45, 7) is 4.09. The molecule has 0 fully saturated rings. The van der Waals surface area contributed by atoms with Crippen molar-refractivity contribution < 1.29 is 19.4 Å². The van der Waals surface area contributed by atoms with E-state index in [0.717, 1.165) is 5.56 Å². The molecule has 0 aliphatic heterocycles. The highest BCUT2D eigenvalue weighted by Crippen LogP contribution is 2.26. The Bertz CT molecular complexity index is 729. The van der Waals surface area contributed by atoms with E-state index in [2.05, 4.69) is 10.5 Å². The van der Waals surface area contributed by atoms with Gasteiger partial charge in [0.25, 0.3) is 5.91 Å². The highest BCUT2D eigenvalue weighted by molar-refractivity contribution is 5.85. The van der Waals surface area contributed by atoms with Crippen molar-refractivity contribution in [3.05, 3.63) is 53.6 Å². The quantitative estimate of drug-likeness (QED) is 0.605. The van der Waals surface area contributed by atoms with Crippen LogP contribution in [0, 0.1) is 6.92 Å². The van der Waals surface area contributed by atoms with Crippen LogP contribution in [0.1, 0.15) is 18.1 Å². The van der Waals surface area contributed by atoms with Crippen LogP contribution in [0.15, 0.2) is 47.6 Å². The molecule has 0 aliphatic rings. The molecule has 24 heavy (non-hydrogen) atoms. The number of rotatable bonds is 7. The van der Waals surface area contributed by atoms with Crippen molar-refractivity contribution in [3.63, 3.8) is 0 Å². The number of hydrazone groups is 1. The molecule has 2 aromatic rings. The second kappa shape index (κ2) is 8.57. The van der Waals surface area contributed by atoms with Crippen LogP contribution in [0.5, 0.6) is 17.2 Å². The molecule has 6 nitrogen and oxygen atoms in total. The third-order valence-electron chi connectivity index (χ3n) is 3.08. The number of aromatic hydroxyl groups is 1. The van der Waals surface area contributed by atoms with Crippen LogP contribution in [-0.2, 0) is 4.79 Å². The molecule has 126 valence electrons. The first kappa shape index (κ1) is 17.3. The van der Waals surface area contributed by atoms with Gasteiger partial charge in [-0.1, -0.05) is 23.8 Å². The molecule has 2 rings (SSSR count).